The number of nitrogens with zero attached hydrogens (tertiary/aromatic N) is 2. The average Bonchev–Trinajstić information content (AvgIpc) is 2.65. The first kappa shape index (κ1) is 12.8. The van der Waals surface area contributed by atoms with Crippen LogP contribution in [-0.2, 0) is 18.3 Å². The summed E-state index contributed by atoms with van der Waals surface area (Å²) in [6.07, 6.45) is 0.843. The molecule has 7 heteroatoms. The smallest absolute Gasteiger partial charge is 0.407 e. The van der Waals surface area contributed by atoms with E-state index in [1.54, 1.807) is 0 Å². The molecule has 1 amide bonds. The van der Waals surface area contributed by atoms with Gasteiger partial charge < -0.3 is 15.2 Å². The molecule has 0 bridgehead atoms. The van der Waals surface area contributed by atoms with Gasteiger partial charge in [0.1, 0.15) is 12.3 Å². The number of aromatic nitrogens is 2. The number of hydrogen-bond acceptors (Lipinski definition) is 4. The van der Waals surface area contributed by atoms with E-state index in [2.05, 4.69) is 21.7 Å². The van der Waals surface area contributed by atoms with Gasteiger partial charge in [-0.25, -0.2) is 9.59 Å². The maximum Gasteiger partial charge on any atom is 0.407 e. The highest BCUT2D eigenvalue weighted by molar-refractivity contribution is 5.85. The van der Waals surface area contributed by atoms with E-state index in [0.717, 1.165) is 0 Å². The minimum Gasteiger partial charge on any atom is -0.477 e. The first-order valence-electron chi connectivity index (χ1n) is 4.82. The Balaban J connectivity index is 2.52. The van der Waals surface area contributed by atoms with Gasteiger partial charge in [-0.05, 0) is 6.07 Å². The molecule has 0 saturated heterocycles. The van der Waals surface area contributed by atoms with E-state index >= 15 is 0 Å². The summed E-state index contributed by atoms with van der Waals surface area (Å²) < 4.78 is 5.91. The maximum atomic E-state index is 11.1. The van der Waals surface area contributed by atoms with Crippen LogP contribution in [0.2, 0.25) is 0 Å². The van der Waals surface area contributed by atoms with Crippen molar-refractivity contribution in [3.63, 3.8) is 0 Å². The summed E-state index contributed by atoms with van der Waals surface area (Å²) >= 11 is 0. The minimum absolute atomic E-state index is 0.0567. The molecule has 2 N–H and O–H groups in total. The number of carbonyl (C=O) groups is 2. The van der Waals surface area contributed by atoms with Crippen molar-refractivity contribution in [2.45, 2.75) is 6.54 Å². The Morgan fingerprint density at radius 3 is 2.94 bits per heavy atom. The number of amides is 1. The Kier molecular flexibility index (Phi) is 4.27. The van der Waals surface area contributed by atoms with E-state index < -0.39 is 12.1 Å². The second kappa shape index (κ2) is 5.69. The normalized spacial score (nSPS) is 9.71. The summed E-state index contributed by atoms with van der Waals surface area (Å²) in [6.45, 7) is 3.63. The molecule has 1 rings (SSSR count). The van der Waals surface area contributed by atoms with E-state index in [9.17, 15) is 9.59 Å². The highest BCUT2D eigenvalue weighted by atomic mass is 16.5. The number of nitrogens with one attached hydrogen (secondary N) is 1. The first-order chi connectivity index (χ1) is 8.04. The van der Waals surface area contributed by atoms with Crippen LogP contribution in [0.5, 0.6) is 0 Å². The fraction of sp³-hybridized carbons (Fsp3) is 0.300. The van der Waals surface area contributed by atoms with Gasteiger partial charge in [0, 0.05) is 7.05 Å². The summed E-state index contributed by atoms with van der Waals surface area (Å²) in [5.41, 5.74) is 0.502. The molecule has 92 valence electrons. The molecule has 0 atom stereocenters. The standard InChI is InChI=1S/C10H13N3O4/c1-3-4-17-10(16)11-6-7-5-8(9(14)15)13(2)12-7/h3,5H,1,4,6H2,2H3,(H,11,16)(H,14,15). The molecule has 0 aromatic carbocycles. The molecular weight excluding hydrogens is 226 g/mol. The highest BCUT2D eigenvalue weighted by Crippen LogP contribution is 2.02. The van der Waals surface area contributed by atoms with E-state index in [0.29, 0.717) is 5.69 Å². The van der Waals surface area contributed by atoms with E-state index in [4.69, 9.17) is 5.11 Å². The number of carbonyl (C=O) groups excluding carboxylic acids is 1. The molecule has 0 aliphatic rings. The second-order valence-corrected chi connectivity index (χ2v) is 3.19. The Bertz CT molecular complexity index is 439. The van der Waals surface area contributed by atoms with Gasteiger partial charge in [0.05, 0.1) is 12.2 Å². The molecule has 0 unspecified atom stereocenters. The number of carboxylic acid groups (broad SMARTS) is 1. The molecule has 1 heterocycles. The monoisotopic (exact) mass is 239 g/mol. The number of hydrogen-bond donors (Lipinski definition) is 2. The van der Waals surface area contributed by atoms with Gasteiger partial charge in [0.15, 0.2) is 0 Å². The summed E-state index contributed by atoms with van der Waals surface area (Å²) in [6, 6.07) is 1.39. The first-order valence-corrected chi connectivity index (χ1v) is 4.82. The molecule has 17 heavy (non-hydrogen) atoms. The lowest BCUT2D eigenvalue weighted by atomic mass is 10.3. The van der Waals surface area contributed by atoms with Crippen molar-refractivity contribution in [2.24, 2.45) is 7.05 Å². The predicted octanol–water partition coefficient (Wildman–Crippen LogP) is 0.530. The molecule has 0 radical (unpaired) electrons. The van der Waals surface area contributed by atoms with Crippen LogP contribution in [0.3, 0.4) is 0 Å². The molecule has 1 aromatic rings. The van der Waals surface area contributed by atoms with Gasteiger partial charge >= 0.3 is 12.1 Å². The zero-order chi connectivity index (χ0) is 12.8. The molecule has 0 spiro atoms. The average molecular weight is 239 g/mol. The number of carboxylic acids is 1. The Labute approximate surface area is 97.7 Å². The third-order valence-corrected chi connectivity index (χ3v) is 1.90. The molecule has 0 aliphatic heterocycles. The summed E-state index contributed by atoms with van der Waals surface area (Å²) in [5, 5.41) is 15.2. The molecule has 0 fully saturated rings. The number of aryl methyl sites for hydroxylation is 1. The Morgan fingerprint density at radius 2 is 2.41 bits per heavy atom. The van der Waals surface area contributed by atoms with Crippen LogP contribution in [0, 0.1) is 0 Å². The number of rotatable bonds is 5. The van der Waals surface area contributed by atoms with Crippen molar-refractivity contribution in [3.05, 3.63) is 30.1 Å². The quantitative estimate of drug-likeness (QED) is 0.731. The van der Waals surface area contributed by atoms with Gasteiger partial charge in [-0.2, -0.15) is 5.10 Å². The van der Waals surface area contributed by atoms with Crippen LogP contribution in [-0.4, -0.2) is 33.6 Å². The van der Waals surface area contributed by atoms with Gasteiger partial charge in [-0.3, -0.25) is 4.68 Å². The van der Waals surface area contributed by atoms with E-state index in [1.807, 2.05) is 0 Å². The summed E-state index contributed by atoms with van der Waals surface area (Å²) in [5.74, 6) is -1.07. The van der Waals surface area contributed by atoms with Crippen LogP contribution in [0.1, 0.15) is 16.2 Å². The van der Waals surface area contributed by atoms with Gasteiger partial charge in [-0.1, -0.05) is 12.7 Å². The van der Waals surface area contributed by atoms with Gasteiger partial charge in [-0.15, -0.1) is 0 Å². The third-order valence-electron chi connectivity index (χ3n) is 1.90. The third kappa shape index (κ3) is 3.63. The van der Waals surface area contributed by atoms with Crippen LogP contribution in [0.15, 0.2) is 18.7 Å². The van der Waals surface area contributed by atoms with Crippen molar-refractivity contribution < 1.29 is 19.4 Å². The molecular formula is C10H13N3O4. The van der Waals surface area contributed by atoms with Crippen LogP contribution in [0.25, 0.3) is 0 Å². The number of aromatic carboxylic acids is 1. The summed E-state index contributed by atoms with van der Waals surface area (Å²) in [4.78, 5) is 21.8. The van der Waals surface area contributed by atoms with Gasteiger partial charge in [0.2, 0.25) is 0 Å². The van der Waals surface area contributed by atoms with Crippen molar-refractivity contribution in [3.8, 4) is 0 Å². The predicted molar refractivity (Wildman–Crippen MR) is 58.6 cm³/mol. The maximum absolute atomic E-state index is 11.1. The Morgan fingerprint density at radius 1 is 1.71 bits per heavy atom. The zero-order valence-electron chi connectivity index (χ0n) is 9.34. The lowest BCUT2D eigenvalue weighted by molar-refractivity contribution is 0.0685. The SMILES string of the molecule is C=CCOC(=O)NCc1cc(C(=O)O)n(C)n1. The van der Waals surface area contributed by atoms with Gasteiger partial charge in [0.25, 0.3) is 0 Å². The highest BCUT2D eigenvalue weighted by Gasteiger charge is 2.12. The molecule has 1 aromatic heterocycles. The molecule has 7 nitrogen and oxygen atoms in total. The number of ether oxygens (including phenoxy) is 1. The second-order valence-electron chi connectivity index (χ2n) is 3.19. The van der Waals surface area contributed by atoms with Crippen LogP contribution in [0.4, 0.5) is 4.79 Å². The topological polar surface area (TPSA) is 93.5 Å². The lowest BCUT2D eigenvalue weighted by Gasteiger charge is -2.02. The fourth-order valence-electron chi connectivity index (χ4n) is 1.16. The van der Waals surface area contributed by atoms with E-state index in [-0.39, 0.29) is 18.8 Å². The van der Waals surface area contributed by atoms with Crippen molar-refractivity contribution in [1.82, 2.24) is 15.1 Å². The molecule has 0 saturated carbocycles. The number of alkyl carbamates (subject to hydrolysis) is 1. The van der Waals surface area contributed by atoms with Crippen molar-refractivity contribution >= 4 is 12.1 Å². The van der Waals surface area contributed by atoms with Crippen molar-refractivity contribution in [2.75, 3.05) is 6.61 Å². The van der Waals surface area contributed by atoms with Crippen LogP contribution >= 0.6 is 0 Å². The Hall–Kier alpha value is -2.31. The fourth-order valence-corrected chi connectivity index (χ4v) is 1.16. The van der Waals surface area contributed by atoms with Crippen molar-refractivity contribution in [1.29, 1.82) is 0 Å². The largest absolute Gasteiger partial charge is 0.477 e. The molecule has 0 aliphatic carbocycles. The zero-order valence-corrected chi connectivity index (χ0v) is 9.34. The van der Waals surface area contributed by atoms with Crippen LogP contribution < -0.4 is 5.32 Å². The van der Waals surface area contributed by atoms with E-state index in [1.165, 1.54) is 23.9 Å². The minimum atomic E-state index is -1.07. The lowest BCUT2D eigenvalue weighted by Crippen LogP contribution is -2.24. The summed E-state index contributed by atoms with van der Waals surface area (Å²) in [7, 11) is 1.52.